The lowest BCUT2D eigenvalue weighted by molar-refractivity contribution is -0.159. The van der Waals surface area contributed by atoms with Crippen molar-refractivity contribution >= 4 is 78.4 Å². The number of carbonyl (C=O) groups excluding carboxylic acids is 3. The highest BCUT2D eigenvalue weighted by Crippen LogP contribution is 2.38. The van der Waals surface area contributed by atoms with E-state index in [2.05, 4.69) is 35.8 Å². The minimum atomic E-state index is -2.32. The number of esters is 1. The van der Waals surface area contributed by atoms with Crippen LogP contribution in [-0.4, -0.2) is 65.5 Å². The van der Waals surface area contributed by atoms with Gasteiger partial charge in [0.05, 0.1) is 35.2 Å². The van der Waals surface area contributed by atoms with Crippen molar-refractivity contribution < 1.29 is 33.0 Å². The third-order valence-electron chi connectivity index (χ3n) is 9.87. The Hall–Kier alpha value is -2.38. The fourth-order valence-electron chi connectivity index (χ4n) is 6.30. The van der Waals surface area contributed by atoms with Gasteiger partial charge in [-0.2, -0.15) is 0 Å². The molecule has 1 aromatic heterocycles. The number of hydrogen-bond acceptors (Lipinski definition) is 10. The molecule has 0 aliphatic carbocycles. The van der Waals surface area contributed by atoms with Gasteiger partial charge >= 0.3 is 12.1 Å². The molecule has 1 heterocycles. The number of rotatable bonds is 22. The molecule has 16 heteroatoms. The number of aryl methyl sites for hydroxylation is 1. The van der Waals surface area contributed by atoms with Crippen molar-refractivity contribution in [2.75, 3.05) is 6.61 Å². The average molecular weight is 878 g/mol. The number of aromatic nitrogens is 1. The Morgan fingerprint density at radius 2 is 1.64 bits per heavy atom. The van der Waals surface area contributed by atoms with E-state index in [1.807, 2.05) is 57.4 Å². The van der Waals surface area contributed by atoms with Gasteiger partial charge in [-0.3, -0.25) is 9.59 Å². The molecule has 56 heavy (non-hydrogen) atoms. The largest absolute Gasteiger partial charge is 0.508 e. The fourth-order valence-corrected chi connectivity index (χ4v) is 10.0. The van der Waals surface area contributed by atoms with Crippen LogP contribution in [0.5, 0.6) is 0 Å². The molecule has 0 aliphatic heterocycles. The van der Waals surface area contributed by atoms with Gasteiger partial charge in [-0.15, -0.1) is 11.3 Å². The van der Waals surface area contributed by atoms with Crippen LogP contribution in [0.4, 0.5) is 4.79 Å². The van der Waals surface area contributed by atoms with Gasteiger partial charge in [-0.25, -0.2) is 9.78 Å². The maximum Gasteiger partial charge on any atom is 0.508 e. The van der Waals surface area contributed by atoms with Crippen LogP contribution < -0.4 is 0 Å². The summed E-state index contributed by atoms with van der Waals surface area (Å²) in [5.74, 6) is -1.93. The number of Topliss-reactive ketones (excluding diaryl/α,β-unsaturated/α-hetero) is 1. The molecule has 0 N–H and O–H groups in total. The minimum Gasteiger partial charge on any atom is -0.460 e. The van der Waals surface area contributed by atoms with Crippen molar-refractivity contribution in [3.05, 3.63) is 55.9 Å². The lowest BCUT2D eigenvalue weighted by Gasteiger charge is -2.42. The molecule has 0 unspecified atom stereocenters. The summed E-state index contributed by atoms with van der Waals surface area (Å²) in [7, 11) is -2.32. The molecular formula is C40H63Cl3N4O7SSi. The topological polar surface area (TPSA) is 150 Å². The van der Waals surface area contributed by atoms with E-state index in [9.17, 15) is 19.9 Å². The van der Waals surface area contributed by atoms with Gasteiger partial charge in [0.1, 0.15) is 24.1 Å². The first-order valence-corrected chi connectivity index (χ1v) is 23.7. The summed E-state index contributed by atoms with van der Waals surface area (Å²) in [5.41, 5.74) is 9.95. The average Bonchev–Trinajstić information content (AvgIpc) is 3.51. The predicted molar refractivity (Wildman–Crippen MR) is 232 cm³/mol. The molecule has 1 rings (SSSR count). The van der Waals surface area contributed by atoms with Crippen LogP contribution in [-0.2, 0) is 28.2 Å². The Labute approximate surface area is 354 Å². The van der Waals surface area contributed by atoms with Gasteiger partial charge in [0.15, 0.2) is 8.32 Å². The van der Waals surface area contributed by atoms with Gasteiger partial charge in [0, 0.05) is 15.7 Å². The first-order valence-electron chi connectivity index (χ1n) is 19.1. The zero-order valence-electron chi connectivity index (χ0n) is 35.4. The van der Waals surface area contributed by atoms with Crippen LogP contribution in [0, 0.1) is 24.2 Å². The first kappa shape index (κ1) is 51.6. The summed E-state index contributed by atoms with van der Waals surface area (Å²) in [4.78, 5) is 48.4. The number of halogens is 3. The smallest absolute Gasteiger partial charge is 0.460 e. The molecule has 0 spiro atoms. The predicted octanol–water partition coefficient (Wildman–Crippen LogP) is 12.7. The van der Waals surface area contributed by atoms with Crippen LogP contribution >= 0.6 is 46.1 Å². The van der Waals surface area contributed by atoms with Gasteiger partial charge < -0.3 is 18.6 Å². The number of ketones is 1. The quantitative estimate of drug-likeness (QED) is 0.0212. The van der Waals surface area contributed by atoms with Crippen LogP contribution in [0.25, 0.3) is 16.5 Å². The van der Waals surface area contributed by atoms with E-state index in [1.165, 1.54) is 0 Å². The van der Waals surface area contributed by atoms with Crippen LogP contribution in [0.3, 0.4) is 0 Å². The molecule has 0 bridgehead atoms. The van der Waals surface area contributed by atoms with E-state index in [4.69, 9.17) is 53.4 Å². The highest BCUT2D eigenvalue weighted by atomic mass is 35.6. The maximum absolute atomic E-state index is 14.6. The number of ether oxygens (including phenoxy) is 3. The van der Waals surface area contributed by atoms with Crippen molar-refractivity contribution in [2.45, 2.75) is 155 Å². The normalized spacial score (nSPS) is 16.1. The van der Waals surface area contributed by atoms with Gasteiger partial charge in [0.2, 0.25) is 3.79 Å². The molecular weight excluding hydrogens is 815 g/mol. The van der Waals surface area contributed by atoms with Crippen molar-refractivity contribution in [3.63, 3.8) is 0 Å². The Balaban J connectivity index is 3.42. The third kappa shape index (κ3) is 18.0. The molecule has 0 aromatic carbocycles. The molecule has 0 aliphatic rings. The lowest BCUT2D eigenvalue weighted by Crippen LogP contribution is -2.52. The van der Waals surface area contributed by atoms with Gasteiger partial charge in [-0.05, 0) is 90.0 Å². The van der Waals surface area contributed by atoms with Gasteiger partial charge in [0.25, 0.3) is 0 Å². The van der Waals surface area contributed by atoms with Gasteiger partial charge in [-0.1, -0.05) is 118 Å². The third-order valence-corrected chi connectivity index (χ3v) is 15.6. The molecule has 0 fully saturated rings. The van der Waals surface area contributed by atoms with Crippen LogP contribution in [0.2, 0.25) is 18.1 Å². The zero-order valence-corrected chi connectivity index (χ0v) is 39.5. The summed E-state index contributed by atoms with van der Waals surface area (Å²) < 4.78 is 21.7. The highest BCUT2D eigenvalue weighted by molar-refractivity contribution is 7.09. The summed E-state index contributed by atoms with van der Waals surface area (Å²) in [6.07, 6.45) is 5.74. The second kappa shape index (κ2) is 23.3. The second-order valence-corrected chi connectivity index (χ2v) is 24.3. The number of azide groups is 1. The highest BCUT2D eigenvalue weighted by Gasteiger charge is 2.48. The van der Waals surface area contributed by atoms with Crippen LogP contribution in [0.15, 0.2) is 39.9 Å². The van der Waals surface area contributed by atoms with E-state index in [0.717, 1.165) is 40.0 Å². The molecule has 0 saturated heterocycles. The van der Waals surface area contributed by atoms with Crippen molar-refractivity contribution in [1.29, 1.82) is 0 Å². The minimum absolute atomic E-state index is 0.113. The number of nitrogens with zero attached hydrogens (tertiary/aromatic N) is 4. The first-order chi connectivity index (χ1) is 25.8. The number of alkyl halides is 3. The monoisotopic (exact) mass is 876 g/mol. The summed E-state index contributed by atoms with van der Waals surface area (Å²) in [5, 5.41) is 6.90. The molecule has 5 atom stereocenters. The Morgan fingerprint density at radius 3 is 2.14 bits per heavy atom. The second-order valence-electron chi connectivity index (χ2n) is 16.0. The van der Waals surface area contributed by atoms with E-state index in [1.54, 1.807) is 52.9 Å². The summed E-state index contributed by atoms with van der Waals surface area (Å²) >= 11 is 19.0. The van der Waals surface area contributed by atoms with Crippen molar-refractivity contribution in [1.82, 2.24) is 4.98 Å². The van der Waals surface area contributed by atoms with E-state index >= 15 is 0 Å². The van der Waals surface area contributed by atoms with Crippen molar-refractivity contribution in [3.8, 4) is 0 Å². The Bertz CT molecular complexity index is 1580. The Morgan fingerprint density at radius 1 is 1.04 bits per heavy atom. The lowest BCUT2D eigenvalue weighted by atomic mass is 9.73. The number of allylic oxidation sites excluding steroid dienone is 3. The van der Waals surface area contributed by atoms with E-state index < -0.39 is 60.0 Å². The molecule has 11 nitrogen and oxygen atoms in total. The van der Waals surface area contributed by atoms with Crippen LogP contribution in [0.1, 0.15) is 113 Å². The molecule has 0 radical (unpaired) electrons. The molecule has 1 aromatic rings. The number of hydrogen-bond donors (Lipinski definition) is 0. The molecule has 316 valence electrons. The Kier molecular flexibility index (Phi) is 21.5. The summed E-state index contributed by atoms with van der Waals surface area (Å²) in [6.45, 7) is 24.0. The number of thiazole rings is 1. The van der Waals surface area contributed by atoms with E-state index in [-0.39, 0.29) is 24.2 Å². The maximum atomic E-state index is 14.6. The standard InChI is InChI=1S/C40H63Cl3N4O7SSi/c1-14-56(15-2,16-3)54-33(23-34(48)53-38(9,10)11)39(12,13)36(49)29(7)35(52-37(50)51-25-40(41,42)43)27(5)19-17-18-26(4)20-21-32(46-47-44)28(6)22-31-24-55-30(8)45-31/h17-18,20,22,24,27,29,32-33,35H,14-16,19,21,23,25H2,1-13H3/b18-17+,26-20-,28-22+/t27-,29+,32-,33-,35-/m0/s1. The molecule has 0 saturated carbocycles. The zero-order chi connectivity index (χ0) is 43.1. The van der Waals surface area contributed by atoms with Crippen molar-refractivity contribution in [2.24, 2.45) is 22.4 Å². The SMILES string of the molecule is CC[Si](CC)(CC)O[C@@H](CC(=O)OC(C)(C)C)C(C)(C)C(=O)[C@H](C)[C@@H](OC(=O)OCC(Cl)(Cl)Cl)[C@@H](C)C/C=C/C(C)=C\C[C@H](N=[N+]=[N-])/C(C)=C/c1csc(C)n1. The molecule has 0 amide bonds. The fraction of sp³-hybridized carbons (Fsp3) is 0.700. The number of carbonyl (C=O) groups is 3. The summed E-state index contributed by atoms with van der Waals surface area (Å²) in [6, 6.07) is 2.06. The van der Waals surface area contributed by atoms with E-state index in [0.29, 0.717) is 12.8 Å².